The number of carbonyl (C=O) groups is 3. The number of carbonyl (C=O) groups excluding carboxylic acids is 3. The second-order valence-corrected chi connectivity index (χ2v) is 16.4. The number of hydrogen-bond donors (Lipinski definition) is 2. The van der Waals surface area contributed by atoms with Crippen LogP contribution in [0.25, 0.3) is 11.2 Å². The summed E-state index contributed by atoms with van der Waals surface area (Å²) in [6.07, 6.45) is 9.43. The van der Waals surface area contributed by atoms with Gasteiger partial charge in [-0.15, -0.1) is 18.3 Å². The maximum Gasteiger partial charge on any atom is 0.316 e. The van der Waals surface area contributed by atoms with Crippen molar-refractivity contribution in [1.29, 1.82) is 0 Å². The lowest BCUT2D eigenvalue weighted by molar-refractivity contribution is -0.205. The van der Waals surface area contributed by atoms with E-state index in [9.17, 15) is 19.5 Å². The molecular weight excluding hydrogens is 616 g/mol. The van der Waals surface area contributed by atoms with Crippen LogP contribution in [0.5, 0.6) is 0 Å². The van der Waals surface area contributed by atoms with Crippen molar-refractivity contribution >= 4 is 46.5 Å². The van der Waals surface area contributed by atoms with E-state index in [1.54, 1.807) is 24.3 Å². The summed E-state index contributed by atoms with van der Waals surface area (Å²) >= 11 is 1.59. The van der Waals surface area contributed by atoms with Gasteiger partial charge in [-0.25, -0.2) is 9.97 Å². The molecule has 1 aliphatic heterocycles. The number of aliphatic hydroxyl groups is 1. The summed E-state index contributed by atoms with van der Waals surface area (Å²) in [5.74, 6) is 0.356. The van der Waals surface area contributed by atoms with Gasteiger partial charge in [0.2, 0.25) is 11.9 Å². The Morgan fingerprint density at radius 2 is 1.94 bits per heavy atom. The fourth-order valence-corrected chi connectivity index (χ4v) is 10.5. The van der Waals surface area contributed by atoms with Gasteiger partial charge in [0.25, 0.3) is 0 Å². The van der Waals surface area contributed by atoms with Crippen LogP contribution < -0.4 is 5.73 Å². The Morgan fingerprint density at radius 1 is 1.19 bits per heavy atom. The smallest absolute Gasteiger partial charge is 0.316 e. The van der Waals surface area contributed by atoms with Crippen LogP contribution >= 0.6 is 11.8 Å². The fourth-order valence-electron chi connectivity index (χ4n) is 9.56. The highest BCUT2D eigenvalue weighted by molar-refractivity contribution is 8.00. The van der Waals surface area contributed by atoms with Gasteiger partial charge in [-0.2, -0.15) is 4.98 Å². The highest BCUT2D eigenvalue weighted by Crippen LogP contribution is 2.68. The van der Waals surface area contributed by atoms with E-state index < -0.39 is 23.0 Å². The van der Waals surface area contributed by atoms with Gasteiger partial charge in [0.15, 0.2) is 5.65 Å². The first-order valence-corrected chi connectivity index (χ1v) is 18.2. The molecule has 2 bridgehead atoms. The summed E-state index contributed by atoms with van der Waals surface area (Å²) in [6, 6.07) is 0. The van der Waals surface area contributed by atoms with E-state index in [4.69, 9.17) is 10.5 Å². The summed E-state index contributed by atoms with van der Waals surface area (Å²) in [6.45, 7) is 14.4. The summed E-state index contributed by atoms with van der Waals surface area (Å²) in [7, 11) is 0. The standard InChI is InChI=1S/C35H50N6O5S/c1-6-33(4)17-26(34(5)21(2)7-12-35(22(3)30(33)45)13-8-25(42)29(34)35)46-28(44)19-47-23-9-14-40(15-10-23)27(43)11-16-41-20-38-24-18-37-32(36)39-31(24)41/h6,18,20-23,26,29-30,45H,1,7-17,19H2,2-5H3,(H2,36,37,39)/t21-,22+,26-,29-,30+,33-,34+,35+/m1/s1. The highest BCUT2D eigenvalue weighted by atomic mass is 32.2. The van der Waals surface area contributed by atoms with Crippen LogP contribution in [0.3, 0.4) is 0 Å². The number of nitrogens with two attached hydrogens (primary N) is 1. The summed E-state index contributed by atoms with van der Waals surface area (Å²) in [4.78, 5) is 54.6. The van der Waals surface area contributed by atoms with E-state index in [2.05, 4.69) is 42.3 Å². The number of hydrogen-bond acceptors (Lipinski definition) is 10. The van der Waals surface area contributed by atoms with Crippen LogP contribution in [0.1, 0.15) is 79.1 Å². The number of piperidine rings is 1. The van der Waals surface area contributed by atoms with Crippen molar-refractivity contribution in [1.82, 2.24) is 24.4 Å². The molecule has 11 nitrogen and oxygen atoms in total. The molecule has 0 unspecified atom stereocenters. The Bertz CT molecular complexity index is 1540. The number of nitrogen functional groups attached to an aromatic ring is 1. The van der Waals surface area contributed by atoms with E-state index in [-0.39, 0.29) is 57.8 Å². The number of amides is 1. The molecule has 3 N–H and O–H groups in total. The molecule has 1 amide bonds. The summed E-state index contributed by atoms with van der Waals surface area (Å²) in [5.41, 5.74) is 5.53. The predicted molar refractivity (Wildman–Crippen MR) is 181 cm³/mol. The first-order chi connectivity index (χ1) is 22.3. The third-order valence-corrected chi connectivity index (χ3v) is 14.1. The van der Waals surface area contributed by atoms with Gasteiger partial charge in [-0.05, 0) is 55.8 Å². The van der Waals surface area contributed by atoms with Crippen LogP contribution in [0.4, 0.5) is 5.95 Å². The van der Waals surface area contributed by atoms with Gasteiger partial charge in [-0.1, -0.05) is 33.8 Å². The van der Waals surface area contributed by atoms with E-state index in [0.717, 1.165) is 32.1 Å². The molecular formula is C35H50N6O5S. The Morgan fingerprint density at radius 3 is 2.66 bits per heavy atom. The lowest BCUT2D eigenvalue weighted by Crippen LogP contribution is -2.63. The second kappa shape index (κ2) is 12.8. The molecule has 0 radical (unpaired) electrons. The zero-order chi connectivity index (χ0) is 33.7. The number of fused-ring (bicyclic) bond motifs is 1. The minimum atomic E-state index is -0.679. The van der Waals surface area contributed by atoms with Gasteiger partial charge in [0.1, 0.15) is 17.4 Å². The van der Waals surface area contributed by atoms with E-state index in [1.807, 2.05) is 22.5 Å². The third-order valence-electron chi connectivity index (χ3n) is 12.8. The molecule has 8 atom stereocenters. The fraction of sp³-hybridized carbons (Fsp3) is 0.714. The molecule has 2 aromatic heterocycles. The number of aromatic nitrogens is 4. The van der Waals surface area contributed by atoms with Crippen LogP contribution in [-0.4, -0.2) is 83.5 Å². The molecule has 3 heterocycles. The minimum absolute atomic E-state index is 0.0570. The number of ether oxygens (including phenoxy) is 1. The molecule has 2 aromatic rings. The Balaban J connectivity index is 1.06. The average Bonchev–Trinajstić information content (AvgIpc) is 3.64. The lowest BCUT2D eigenvalue weighted by atomic mass is 9.44. The predicted octanol–water partition coefficient (Wildman–Crippen LogP) is 4.43. The van der Waals surface area contributed by atoms with Gasteiger partial charge in [0.05, 0.1) is 24.4 Å². The molecule has 0 aromatic carbocycles. The normalized spacial score (nSPS) is 36.1. The van der Waals surface area contributed by atoms with Crippen molar-refractivity contribution < 1.29 is 24.2 Å². The quantitative estimate of drug-likeness (QED) is 0.306. The number of likely N-dealkylation sites (tertiary alicyclic amines) is 1. The number of imidazole rings is 1. The number of thioether (sulfide) groups is 1. The zero-order valence-corrected chi connectivity index (χ0v) is 29.0. The van der Waals surface area contributed by atoms with E-state index >= 15 is 0 Å². The first-order valence-electron chi connectivity index (χ1n) is 17.2. The molecule has 3 saturated carbocycles. The van der Waals surface area contributed by atoms with Crippen LogP contribution in [-0.2, 0) is 25.7 Å². The highest BCUT2D eigenvalue weighted by Gasteiger charge is 2.68. The number of ketones is 1. The molecule has 4 aliphatic rings. The van der Waals surface area contributed by atoms with Crippen molar-refractivity contribution in [3.63, 3.8) is 0 Å². The van der Waals surface area contributed by atoms with E-state index in [0.29, 0.717) is 50.1 Å². The van der Waals surface area contributed by atoms with Crippen molar-refractivity contribution in [3.05, 3.63) is 25.2 Å². The Labute approximate surface area is 281 Å². The molecule has 6 rings (SSSR count). The number of rotatable bonds is 8. The van der Waals surface area contributed by atoms with Crippen molar-refractivity contribution in [2.24, 2.45) is 34.0 Å². The SMILES string of the molecule is C=C[C@]1(C)C[C@@H](OC(=O)CSC2CCN(C(=O)CCn3cnc4cnc(N)nc43)CC2)[C@]2(C)[C@H](C)CC[C@]3(CCC(=O)[C@@H]32)[C@@H](C)[C@@H]1O. The van der Waals surface area contributed by atoms with Crippen LogP contribution in [0.15, 0.2) is 25.2 Å². The summed E-state index contributed by atoms with van der Waals surface area (Å²) < 4.78 is 8.24. The van der Waals surface area contributed by atoms with Crippen LogP contribution in [0, 0.1) is 34.0 Å². The monoisotopic (exact) mass is 666 g/mol. The van der Waals surface area contributed by atoms with Gasteiger partial charge >= 0.3 is 5.97 Å². The third kappa shape index (κ3) is 5.87. The number of esters is 1. The maximum atomic E-state index is 13.6. The maximum absolute atomic E-state index is 13.6. The Kier molecular flexibility index (Phi) is 9.23. The topological polar surface area (TPSA) is 154 Å². The second-order valence-electron chi connectivity index (χ2n) is 15.1. The molecule has 0 spiro atoms. The summed E-state index contributed by atoms with van der Waals surface area (Å²) in [5, 5.41) is 12.0. The molecule has 3 aliphatic carbocycles. The van der Waals surface area contributed by atoms with Crippen molar-refractivity contribution in [3.8, 4) is 0 Å². The first kappa shape index (κ1) is 33.9. The van der Waals surface area contributed by atoms with Crippen molar-refractivity contribution in [2.75, 3.05) is 24.6 Å². The molecule has 4 fully saturated rings. The number of anilines is 1. The molecule has 256 valence electrons. The van der Waals surface area contributed by atoms with Gasteiger partial charge in [0, 0.05) is 54.5 Å². The minimum Gasteiger partial charge on any atom is -0.461 e. The van der Waals surface area contributed by atoms with Crippen molar-refractivity contribution in [2.45, 2.75) is 103 Å². The number of Topliss-reactive ketones (excluding diaryl/α,β-unsaturated/α-hetero) is 1. The molecule has 12 heteroatoms. The largest absolute Gasteiger partial charge is 0.461 e. The van der Waals surface area contributed by atoms with E-state index in [1.165, 1.54) is 0 Å². The zero-order valence-electron chi connectivity index (χ0n) is 28.2. The number of aryl methyl sites for hydroxylation is 1. The lowest BCUT2D eigenvalue weighted by Gasteiger charge is -2.61. The van der Waals surface area contributed by atoms with Gasteiger partial charge in [-0.3, -0.25) is 14.4 Å². The molecule has 1 saturated heterocycles. The van der Waals surface area contributed by atoms with Crippen LogP contribution in [0.2, 0.25) is 0 Å². The van der Waals surface area contributed by atoms with Gasteiger partial charge < -0.3 is 25.0 Å². The Hall–Kier alpha value is -2.99. The molecule has 47 heavy (non-hydrogen) atoms. The number of nitrogens with zero attached hydrogens (tertiary/aromatic N) is 5. The number of aliphatic hydroxyl groups excluding tert-OH is 1. The average molecular weight is 667 g/mol.